The van der Waals surface area contributed by atoms with E-state index >= 15 is 0 Å². The fraction of sp³-hybridized carbons (Fsp3) is 0.194. The standard InChI is InChI=1S/C31H29N5O3/c1-22-28(20-29(24-9-7-13-27(19-24)39-2)36(22)26-11-4-3-5-12-26)30(37)34-14-16-35(17-15-34)31(38)33-25-10-6-8-23(18-25)21-32/h3-13,18-20H,14-17H2,1-2H3,(H,33,38). The first-order valence-corrected chi connectivity index (χ1v) is 12.8. The van der Waals surface area contributed by atoms with E-state index in [4.69, 9.17) is 10.00 Å². The number of aromatic nitrogens is 1. The number of urea groups is 1. The van der Waals surface area contributed by atoms with Gasteiger partial charge in [0, 0.05) is 48.8 Å². The van der Waals surface area contributed by atoms with Crippen LogP contribution < -0.4 is 10.1 Å². The maximum atomic E-state index is 13.7. The number of piperazine rings is 1. The number of nitrogens with one attached hydrogen (secondary N) is 1. The summed E-state index contributed by atoms with van der Waals surface area (Å²) < 4.78 is 7.54. The summed E-state index contributed by atoms with van der Waals surface area (Å²) in [6, 6.07) is 28.4. The number of para-hydroxylation sites is 1. The van der Waals surface area contributed by atoms with Gasteiger partial charge < -0.3 is 24.4 Å². The maximum absolute atomic E-state index is 13.7. The highest BCUT2D eigenvalue weighted by atomic mass is 16.5. The largest absolute Gasteiger partial charge is 0.497 e. The third kappa shape index (κ3) is 5.34. The summed E-state index contributed by atoms with van der Waals surface area (Å²) in [4.78, 5) is 30.0. The Morgan fingerprint density at radius 3 is 2.31 bits per heavy atom. The van der Waals surface area contributed by atoms with E-state index in [1.54, 1.807) is 41.2 Å². The predicted molar refractivity (Wildman–Crippen MR) is 150 cm³/mol. The van der Waals surface area contributed by atoms with Crippen LogP contribution in [0.2, 0.25) is 0 Å². The smallest absolute Gasteiger partial charge is 0.321 e. The second-order valence-corrected chi connectivity index (χ2v) is 9.33. The summed E-state index contributed by atoms with van der Waals surface area (Å²) in [5.74, 6) is 0.681. The van der Waals surface area contributed by atoms with Gasteiger partial charge in [-0.2, -0.15) is 5.26 Å². The molecule has 8 nitrogen and oxygen atoms in total. The third-order valence-corrected chi connectivity index (χ3v) is 6.95. The van der Waals surface area contributed by atoms with Crippen molar-refractivity contribution in [1.29, 1.82) is 5.26 Å². The van der Waals surface area contributed by atoms with E-state index in [0.717, 1.165) is 28.4 Å². The van der Waals surface area contributed by atoms with Gasteiger partial charge in [-0.3, -0.25) is 4.79 Å². The number of nitriles is 1. The second-order valence-electron chi connectivity index (χ2n) is 9.33. The van der Waals surface area contributed by atoms with E-state index in [1.807, 2.05) is 67.6 Å². The first-order chi connectivity index (χ1) is 19.0. The van der Waals surface area contributed by atoms with Gasteiger partial charge in [-0.25, -0.2) is 4.79 Å². The Bertz CT molecular complexity index is 1550. The molecule has 1 saturated heterocycles. The van der Waals surface area contributed by atoms with E-state index in [0.29, 0.717) is 43.0 Å². The summed E-state index contributed by atoms with van der Waals surface area (Å²) in [5.41, 5.74) is 5.34. The van der Waals surface area contributed by atoms with Crippen molar-refractivity contribution in [2.24, 2.45) is 0 Å². The van der Waals surface area contributed by atoms with Crippen molar-refractivity contribution in [2.45, 2.75) is 6.92 Å². The van der Waals surface area contributed by atoms with Crippen molar-refractivity contribution in [3.63, 3.8) is 0 Å². The summed E-state index contributed by atoms with van der Waals surface area (Å²) in [6.45, 7) is 3.64. The van der Waals surface area contributed by atoms with Gasteiger partial charge in [0.2, 0.25) is 0 Å². The molecule has 1 N–H and O–H groups in total. The zero-order valence-electron chi connectivity index (χ0n) is 21.9. The van der Waals surface area contributed by atoms with E-state index in [2.05, 4.69) is 16.0 Å². The Labute approximate surface area is 227 Å². The lowest BCUT2D eigenvalue weighted by Crippen LogP contribution is -2.51. The van der Waals surface area contributed by atoms with Crippen LogP contribution in [-0.2, 0) is 0 Å². The zero-order chi connectivity index (χ0) is 27.4. The number of hydrogen-bond acceptors (Lipinski definition) is 4. The zero-order valence-corrected chi connectivity index (χ0v) is 21.9. The SMILES string of the molecule is COc1cccc(-c2cc(C(=O)N3CCN(C(=O)Nc4cccc(C#N)c4)CC3)c(C)n2-c2ccccc2)c1. The maximum Gasteiger partial charge on any atom is 0.321 e. The molecular weight excluding hydrogens is 490 g/mol. The van der Waals surface area contributed by atoms with Crippen LogP contribution in [0.25, 0.3) is 16.9 Å². The Morgan fingerprint density at radius 2 is 1.59 bits per heavy atom. The van der Waals surface area contributed by atoms with Crippen LogP contribution in [0.15, 0.2) is 84.9 Å². The van der Waals surface area contributed by atoms with Gasteiger partial charge in [-0.1, -0.05) is 36.4 Å². The molecule has 0 bridgehead atoms. The lowest BCUT2D eigenvalue weighted by atomic mass is 10.1. The first-order valence-electron chi connectivity index (χ1n) is 12.8. The molecule has 0 radical (unpaired) electrons. The molecule has 1 aromatic heterocycles. The quantitative estimate of drug-likeness (QED) is 0.386. The van der Waals surface area contributed by atoms with Crippen molar-refractivity contribution in [3.8, 4) is 28.8 Å². The minimum atomic E-state index is -0.246. The fourth-order valence-electron chi connectivity index (χ4n) is 4.88. The number of carbonyl (C=O) groups excluding carboxylic acids is 2. The lowest BCUT2D eigenvalue weighted by Gasteiger charge is -2.34. The van der Waals surface area contributed by atoms with Crippen LogP contribution in [0, 0.1) is 18.3 Å². The van der Waals surface area contributed by atoms with Gasteiger partial charge in [-0.15, -0.1) is 0 Å². The summed E-state index contributed by atoms with van der Waals surface area (Å²) in [5, 5.41) is 11.9. The van der Waals surface area contributed by atoms with Gasteiger partial charge in [0.25, 0.3) is 5.91 Å². The van der Waals surface area contributed by atoms with Crippen molar-refractivity contribution in [3.05, 3.63) is 102 Å². The Morgan fingerprint density at radius 1 is 0.872 bits per heavy atom. The number of nitrogens with zero attached hydrogens (tertiary/aromatic N) is 4. The van der Waals surface area contributed by atoms with Crippen LogP contribution in [0.1, 0.15) is 21.6 Å². The molecule has 0 saturated carbocycles. The van der Waals surface area contributed by atoms with Crippen LogP contribution >= 0.6 is 0 Å². The molecule has 2 heterocycles. The number of benzene rings is 3. The summed E-state index contributed by atoms with van der Waals surface area (Å²) in [7, 11) is 1.64. The van der Waals surface area contributed by atoms with Crippen molar-refractivity contribution >= 4 is 17.6 Å². The number of rotatable bonds is 5. The minimum absolute atomic E-state index is 0.0619. The van der Waals surface area contributed by atoms with E-state index in [-0.39, 0.29) is 11.9 Å². The number of anilines is 1. The molecular formula is C31H29N5O3. The Hall–Kier alpha value is -5.03. The second kappa shape index (κ2) is 11.2. The highest BCUT2D eigenvalue weighted by molar-refractivity contribution is 5.98. The van der Waals surface area contributed by atoms with E-state index in [9.17, 15) is 9.59 Å². The molecule has 0 aliphatic carbocycles. The van der Waals surface area contributed by atoms with E-state index in [1.165, 1.54) is 0 Å². The predicted octanol–water partition coefficient (Wildman–Crippen LogP) is 5.32. The number of methoxy groups -OCH3 is 1. The van der Waals surface area contributed by atoms with Gasteiger partial charge in [-0.05, 0) is 55.5 Å². The molecule has 1 aliphatic rings. The third-order valence-electron chi connectivity index (χ3n) is 6.95. The lowest BCUT2D eigenvalue weighted by molar-refractivity contribution is 0.0671. The molecule has 5 rings (SSSR count). The highest BCUT2D eigenvalue weighted by Gasteiger charge is 2.28. The molecule has 3 aromatic carbocycles. The Balaban J connectivity index is 1.36. The fourth-order valence-corrected chi connectivity index (χ4v) is 4.88. The molecule has 0 atom stereocenters. The monoisotopic (exact) mass is 519 g/mol. The van der Waals surface area contributed by atoms with Crippen LogP contribution in [0.4, 0.5) is 10.5 Å². The van der Waals surface area contributed by atoms with Gasteiger partial charge in [0.05, 0.1) is 30.0 Å². The average Bonchev–Trinajstić information content (AvgIpc) is 3.34. The molecule has 196 valence electrons. The minimum Gasteiger partial charge on any atom is -0.497 e. The number of amides is 3. The molecule has 0 unspecified atom stereocenters. The highest BCUT2D eigenvalue weighted by Crippen LogP contribution is 2.32. The van der Waals surface area contributed by atoms with E-state index < -0.39 is 0 Å². The molecule has 0 spiro atoms. The molecule has 1 fully saturated rings. The van der Waals surface area contributed by atoms with Gasteiger partial charge in [0.15, 0.2) is 0 Å². The number of ether oxygens (including phenoxy) is 1. The number of carbonyl (C=O) groups is 2. The van der Waals surface area contributed by atoms with Crippen LogP contribution in [0.3, 0.4) is 0 Å². The molecule has 4 aromatic rings. The van der Waals surface area contributed by atoms with Crippen molar-refractivity contribution < 1.29 is 14.3 Å². The molecule has 8 heteroatoms. The molecule has 39 heavy (non-hydrogen) atoms. The molecule has 1 aliphatic heterocycles. The molecule has 3 amide bonds. The first kappa shape index (κ1) is 25.6. The average molecular weight is 520 g/mol. The number of hydrogen-bond donors (Lipinski definition) is 1. The normalized spacial score (nSPS) is 13.1. The summed E-state index contributed by atoms with van der Waals surface area (Å²) in [6.07, 6.45) is 0. The summed E-state index contributed by atoms with van der Waals surface area (Å²) >= 11 is 0. The Kier molecular flexibility index (Phi) is 7.32. The van der Waals surface area contributed by atoms with Crippen LogP contribution in [0.5, 0.6) is 5.75 Å². The topological polar surface area (TPSA) is 90.6 Å². The van der Waals surface area contributed by atoms with Gasteiger partial charge >= 0.3 is 6.03 Å². The van der Waals surface area contributed by atoms with Crippen LogP contribution in [-0.4, -0.2) is 59.6 Å². The van der Waals surface area contributed by atoms with Gasteiger partial charge in [0.1, 0.15) is 5.75 Å². The van der Waals surface area contributed by atoms with Crippen molar-refractivity contribution in [1.82, 2.24) is 14.4 Å². The van der Waals surface area contributed by atoms with Crippen molar-refractivity contribution in [2.75, 3.05) is 38.6 Å².